The van der Waals surface area contributed by atoms with E-state index in [1.165, 1.54) is 6.92 Å². The summed E-state index contributed by atoms with van der Waals surface area (Å²) in [5, 5.41) is 15.0. The Morgan fingerprint density at radius 1 is 1.04 bits per heavy atom. The van der Waals surface area contributed by atoms with Crippen molar-refractivity contribution in [3.63, 3.8) is 0 Å². The fraction of sp³-hybridized carbons (Fsp3) is 0.500. The van der Waals surface area contributed by atoms with Crippen LogP contribution in [0.1, 0.15) is 45.1 Å². The SMILES string of the molecule is CC(=O)NCCCCCC(=O)NCC(C)(C(=O)O)c1ccccc1. The van der Waals surface area contributed by atoms with E-state index < -0.39 is 11.4 Å². The summed E-state index contributed by atoms with van der Waals surface area (Å²) >= 11 is 0. The van der Waals surface area contributed by atoms with Crippen LogP contribution in [0.25, 0.3) is 0 Å². The summed E-state index contributed by atoms with van der Waals surface area (Å²) in [6.45, 7) is 3.75. The zero-order valence-corrected chi connectivity index (χ0v) is 14.3. The monoisotopic (exact) mass is 334 g/mol. The number of unbranched alkanes of at least 4 members (excludes halogenated alkanes) is 2. The van der Waals surface area contributed by atoms with Gasteiger partial charge in [-0.2, -0.15) is 0 Å². The van der Waals surface area contributed by atoms with E-state index in [9.17, 15) is 19.5 Å². The molecule has 0 aliphatic heterocycles. The largest absolute Gasteiger partial charge is 0.481 e. The van der Waals surface area contributed by atoms with Crippen molar-refractivity contribution in [1.29, 1.82) is 0 Å². The molecule has 0 heterocycles. The van der Waals surface area contributed by atoms with Crippen LogP contribution in [0.4, 0.5) is 0 Å². The Bertz CT molecular complexity index is 559. The lowest BCUT2D eigenvalue weighted by atomic mass is 9.82. The van der Waals surface area contributed by atoms with Crippen LogP contribution >= 0.6 is 0 Å². The smallest absolute Gasteiger partial charge is 0.315 e. The average molecular weight is 334 g/mol. The summed E-state index contributed by atoms with van der Waals surface area (Å²) < 4.78 is 0. The van der Waals surface area contributed by atoms with Crippen LogP contribution in [-0.2, 0) is 19.8 Å². The van der Waals surface area contributed by atoms with Crippen molar-refractivity contribution in [2.24, 2.45) is 0 Å². The molecular weight excluding hydrogens is 308 g/mol. The molecule has 0 aromatic heterocycles. The first-order valence-corrected chi connectivity index (χ1v) is 8.16. The second kappa shape index (κ2) is 9.70. The summed E-state index contributed by atoms with van der Waals surface area (Å²) in [7, 11) is 0. The molecule has 3 N–H and O–H groups in total. The Morgan fingerprint density at radius 2 is 1.71 bits per heavy atom. The van der Waals surface area contributed by atoms with Crippen molar-refractivity contribution < 1.29 is 19.5 Å². The van der Waals surface area contributed by atoms with Crippen LogP contribution in [0.5, 0.6) is 0 Å². The number of aliphatic carboxylic acids is 1. The van der Waals surface area contributed by atoms with Crippen molar-refractivity contribution in [3.05, 3.63) is 35.9 Å². The Hall–Kier alpha value is -2.37. The molecule has 0 radical (unpaired) electrons. The van der Waals surface area contributed by atoms with Crippen LogP contribution in [0.2, 0.25) is 0 Å². The maximum atomic E-state index is 11.9. The predicted octanol–water partition coefficient (Wildman–Crippen LogP) is 1.84. The number of amides is 2. The number of hydrogen-bond donors (Lipinski definition) is 3. The first-order valence-electron chi connectivity index (χ1n) is 8.16. The molecule has 0 aliphatic rings. The van der Waals surface area contributed by atoms with E-state index in [1.54, 1.807) is 31.2 Å². The Balaban J connectivity index is 2.38. The molecule has 0 aliphatic carbocycles. The van der Waals surface area contributed by atoms with Gasteiger partial charge < -0.3 is 15.7 Å². The molecule has 0 fully saturated rings. The highest BCUT2D eigenvalue weighted by Gasteiger charge is 2.35. The van der Waals surface area contributed by atoms with Gasteiger partial charge in [0.1, 0.15) is 5.41 Å². The molecule has 1 rings (SSSR count). The van der Waals surface area contributed by atoms with E-state index in [2.05, 4.69) is 10.6 Å². The summed E-state index contributed by atoms with van der Waals surface area (Å²) in [6, 6.07) is 8.90. The van der Waals surface area contributed by atoms with E-state index in [-0.39, 0.29) is 18.4 Å². The Kier molecular flexibility index (Phi) is 7.95. The lowest BCUT2D eigenvalue weighted by molar-refractivity contribution is -0.143. The number of carboxylic acids is 1. The molecule has 0 saturated carbocycles. The number of benzene rings is 1. The first kappa shape index (κ1) is 19.7. The number of carbonyl (C=O) groups excluding carboxylic acids is 2. The summed E-state index contributed by atoms with van der Waals surface area (Å²) in [4.78, 5) is 34.3. The molecule has 0 spiro atoms. The molecule has 132 valence electrons. The molecule has 1 atom stereocenters. The van der Waals surface area contributed by atoms with Gasteiger partial charge in [-0.05, 0) is 25.3 Å². The second-order valence-corrected chi connectivity index (χ2v) is 6.07. The van der Waals surface area contributed by atoms with Crippen LogP contribution in [0.15, 0.2) is 30.3 Å². The van der Waals surface area contributed by atoms with Crippen molar-refractivity contribution in [2.75, 3.05) is 13.1 Å². The normalized spacial score (nSPS) is 12.9. The van der Waals surface area contributed by atoms with Crippen LogP contribution < -0.4 is 10.6 Å². The molecule has 1 aromatic rings. The molecule has 6 heteroatoms. The summed E-state index contributed by atoms with van der Waals surface area (Å²) in [5.41, 5.74) is -0.490. The fourth-order valence-electron chi connectivity index (χ4n) is 2.32. The molecule has 0 bridgehead atoms. The van der Waals surface area contributed by atoms with Gasteiger partial charge in [0.15, 0.2) is 0 Å². The van der Waals surface area contributed by atoms with E-state index >= 15 is 0 Å². The third-order valence-corrected chi connectivity index (χ3v) is 3.98. The molecule has 0 saturated heterocycles. The van der Waals surface area contributed by atoms with Gasteiger partial charge >= 0.3 is 5.97 Å². The van der Waals surface area contributed by atoms with E-state index in [0.29, 0.717) is 24.9 Å². The molecular formula is C18H26N2O4. The summed E-state index contributed by atoms with van der Waals surface area (Å²) in [6.07, 6.45) is 2.72. The first-order chi connectivity index (χ1) is 11.4. The molecule has 24 heavy (non-hydrogen) atoms. The van der Waals surface area contributed by atoms with Crippen LogP contribution in [-0.4, -0.2) is 36.0 Å². The maximum absolute atomic E-state index is 11.9. The minimum Gasteiger partial charge on any atom is -0.481 e. The van der Waals surface area contributed by atoms with Gasteiger partial charge in [0, 0.05) is 26.4 Å². The van der Waals surface area contributed by atoms with Gasteiger partial charge in [-0.15, -0.1) is 0 Å². The lowest BCUT2D eigenvalue weighted by Gasteiger charge is -2.25. The maximum Gasteiger partial charge on any atom is 0.315 e. The highest BCUT2D eigenvalue weighted by Crippen LogP contribution is 2.23. The molecule has 6 nitrogen and oxygen atoms in total. The van der Waals surface area contributed by atoms with Crippen molar-refractivity contribution in [2.45, 2.75) is 44.9 Å². The van der Waals surface area contributed by atoms with Crippen molar-refractivity contribution in [3.8, 4) is 0 Å². The molecule has 1 aromatic carbocycles. The quantitative estimate of drug-likeness (QED) is 0.569. The highest BCUT2D eigenvalue weighted by atomic mass is 16.4. The van der Waals surface area contributed by atoms with Gasteiger partial charge in [-0.25, -0.2) is 0 Å². The Labute approximate surface area is 142 Å². The zero-order chi connectivity index (χ0) is 18.0. The van der Waals surface area contributed by atoms with Gasteiger partial charge in [-0.1, -0.05) is 36.8 Å². The fourth-order valence-corrected chi connectivity index (χ4v) is 2.32. The predicted molar refractivity (Wildman–Crippen MR) is 91.6 cm³/mol. The van der Waals surface area contributed by atoms with Gasteiger partial charge in [0.05, 0.1) is 0 Å². The third-order valence-electron chi connectivity index (χ3n) is 3.98. The van der Waals surface area contributed by atoms with E-state index in [1.807, 2.05) is 6.07 Å². The number of carbonyl (C=O) groups is 3. The van der Waals surface area contributed by atoms with Crippen molar-refractivity contribution >= 4 is 17.8 Å². The second-order valence-electron chi connectivity index (χ2n) is 6.07. The number of hydrogen-bond acceptors (Lipinski definition) is 3. The van der Waals surface area contributed by atoms with Crippen LogP contribution in [0.3, 0.4) is 0 Å². The van der Waals surface area contributed by atoms with E-state index in [0.717, 1.165) is 12.8 Å². The van der Waals surface area contributed by atoms with Gasteiger partial charge in [0.25, 0.3) is 0 Å². The summed E-state index contributed by atoms with van der Waals surface area (Å²) in [5.74, 6) is -1.18. The molecule has 2 amide bonds. The van der Waals surface area contributed by atoms with Gasteiger partial charge in [0.2, 0.25) is 11.8 Å². The zero-order valence-electron chi connectivity index (χ0n) is 14.3. The standard InChI is InChI=1S/C18H26N2O4/c1-14(21)19-12-8-4-7-11-16(22)20-13-18(2,17(23)24)15-9-5-3-6-10-15/h3,5-6,9-10H,4,7-8,11-13H2,1-2H3,(H,19,21)(H,20,22)(H,23,24). The topological polar surface area (TPSA) is 95.5 Å². The molecule has 1 unspecified atom stereocenters. The lowest BCUT2D eigenvalue weighted by Crippen LogP contribution is -2.44. The van der Waals surface area contributed by atoms with Crippen LogP contribution in [0, 0.1) is 0 Å². The Morgan fingerprint density at radius 3 is 2.29 bits per heavy atom. The number of rotatable bonds is 10. The minimum absolute atomic E-state index is 0.0527. The van der Waals surface area contributed by atoms with E-state index in [4.69, 9.17) is 0 Å². The highest BCUT2D eigenvalue weighted by molar-refractivity contribution is 5.83. The minimum atomic E-state index is -1.15. The third kappa shape index (κ3) is 6.40. The van der Waals surface area contributed by atoms with Gasteiger partial charge in [-0.3, -0.25) is 14.4 Å². The van der Waals surface area contributed by atoms with Crippen molar-refractivity contribution in [1.82, 2.24) is 10.6 Å². The number of carboxylic acid groups (broad SMARTS) is 1. The number of nitrogens with one attached hydrogen (secondary N) is 2. The average Bonchev–Trinajstić information content (AvgIpc) is 2.56.